The second kappa shape index (κ2) is 10.1. The number of nitrogens with one attached hydrogen (secondary N) is 1. The molecular weight excluding hydrogens is 412 g/mol. The molecule has 0 aliphatic heterocycles. The fourth-order valence-corrected chi connectivity index (χ4v) is 3.32. The lowest BCUT2D eigenvalue weighted by molar-refractivity contribution is -0.118. The van der Waals surface area contributed by atoms with Crippen molar-refractivity contribution < 1.29 is 14.3 Å². The monoisotopic (exact) mass is 436 g/mol. The maximum atomic E-state index is 12.8. The van der Waals surface area contributed by atoms with Gasteiger partial charge in [-0.2, -0.15) is 0 Å². The minimum Gasteiger partial charge on any atom is -0.484 e. The Morgan fingerprint density at radius 1 is 0.968 bits per heavy atom. The van der Waals surface area contributed by atoms with Gasteiger partial charge in [-0.15, -0.1) is 0 Å². The van der Waals surface area contributed by atoms with E-state index in [0.717, 1.165) is 16.7 Å². The zero-order valence-corrected chi connectivity index (χ0v) is 18.6. The van der Waals surface area contributed by atoms with Crippen molar-refractivity contribution in [1.82, 2.24) is 4.90 Å². The maximum Gasteiger partial charge on any atom is 0.262 e. The number of carbonyl (C=O) groups is 2. The van der Waals surface area contributed by atoms with Crippen molar-refractivity contribution >= 4 is 29.1 Å². The molecule has 0 aliphatic carbocycles. The van der Waals surface area contributed by atoms with Gasteiger partial charge < -0.3 is 15.0 Å². The third kappa shape index (κ3) is 6.09. The molecule has 160 valence electrons. The van der Waals surface area contributed by atoms with E-state index >= 15 is 0 Å². The summed E-state index contributed by atoms with van der Waals surface area (Å²) in [4.78, 5) is 26.7. The summed E-state index contributed by atoms with van der Waals surface area (Å²) in [5.74, 6) is 0.150. The van der Waals surface area contributed by atoms with E-state index in [1.165, 1.54) is 0 Å². The van der Waals surface area contributed by atoms with Crippen LogP contribution in [0.4, 0.5) is 5.69 Å². The SMILES string of the molecule is Cc1cc(OCC(=O)Nc2cccc(C(=O)N(C)Cc3ccccc3)c2)cc(C)c1Cl. The summed E-state index contributed by atoms with van der Waals surface area (Å²) in [6.07, 6.45) is 0. The minimum atomic E-state index is -0.313. The molecule has 0 spiro atoms. The molecule has 0 radical (unpaired) electrons. The summed E-state index contributed by atoms with van der Waals surface area (Å²) < 4.78 is 5.59. The van der Waals surface area contributed by atoms with Gasteiger partial charge in [0.05, 0.1) is 0 Å². The van der Waals surface area contributed by atoms with E-state index in [9.17, 15) is 9.59 Å². The fraction of sp³-hybridized carbons (Fsp3) is 0.200. The van der Waals surface area contributed by atoms with Crippen molar-refractivity contribution in [2.75, 3.05) is 19.0 Å². The van der Waals surface area contributed by atoms with Gasteiger partial charge in [-0.25, -0.2) is 0 Å². The Kier molecular flexibility index (Phi) is 7.32. The van der Waals surface area contributed by atoms with Gasteiger partial charge in [-0.3, -0.25) is 9.59 Å². The molecule has 31 heavy (non-hydrogen) atoms. The molecule has 0 saturated heterocycles. The number of anilines is 1. The van der Waals surface area contributed by atoms with Crippen molar-refractivity contribution in [1.29, 1.82) is 0 Å². The standard InChI is InChI=1S/C25H25ClN2O3/c1-17-12-22(13-18(2)24(17)26)31-16-23(29)27-21-11-7-10-20(14-21)25(30)28(3)15-19-8-5-4-6-9-19/h4-14H,15-16H2,1-3H3,(H,27,29). The number of aryl methyl sites for hydroxylation is 2. The summed E-state index contributed by atoms with van der Waals surface area (Å²) in [6, 6.07) is 20.2. The van der Waals surface area contributed by atoms with Crippen LogP contribution in [0.15, 0.2) is 66.7 Å². The molecule has 0 atom stereocenters. The predicted octanol–water partition coefficient (Wildman–Crippen LogP) is 5.25. The molecule has 0 bridgehead atoms. The van der Waals surface area contributed by atoms with Crippen molar-refractivity contribution in [3.63, 3.8) is 0 Å². The summed E-state index contributed by atoms with van der Waals surface area (Å²) in [5, 5.41) is 3.47. The highest BCUT2D eigenvalue weighted by Gasteiger charge is 2.13. The molecule has 5 nitrogen and oxygen atoms in total. The maximum absolute atomic E-state index is 12.8. The van der Waals surface area contributed by atoms with Crippen LogP contribution >= 0.6 is 11.6 Å². The first kappa shape index (κ1) is 22.4. The molecule has 0 fully saturated rings. The smallest absolute Gasteiger partial charge is 0.262 e. The molecule has 1 N–H and O–H groups in total. The third-order valence-electron chi connectivity index (χ3n) is 4.78. The topological polar surface area (TPSA) is 58.6 Å². The summed E-state index contributed by atoms with van der Waals surface area (Å²) in [7, 11) is 1.75. The van der Waals surface area contributed by atoms with E-state index in [2.05, 4.69) is 5.32 Å². The Morgan fingerprint density at radius 2 is 1.65 bits per heavy atom. The van der Waals surface area contributed by atoms with Gasteiger partial charge in [0.2, 0.25) is 0 Å². The Hall–Kier alpha value is -3.31. The van der Waals surface area contributed by atoms with Crippen LogP contribution in [0.2, 0.25) is 5.02 Å². The predicted molar refractivity (Wildman–Crippen MR) is 124 cm³/mol. The summed E-state index contributed by atoms with van der Waals surface area (Å²) in [5.41, 5.74) is 3.87. The zero-order valence-electron chi connectivity index (χ0n) is 17.8. The van der Waals surface area contributed by atoms with Gasteiger partial charge in [0.25, 0.3) is 11.8 Å². The molecule has 0 saturated carbocycles. The molecule has 0 aliphatic rings. The lowest BCUT2D eigenvalue weighted by atomic mass is 10.1. The first-order chi connectivity index (χ1) is 14.8. The number of hydrogen-bond donors (Lipinski definition) is 1. The van der Waals surface area contributed by atoms with Crippen LogP contribution < -0.4 is 10.1 Å². The van der Waals surface area contributed by atoms with Crippen LogP contribution in [0.1, 0.15) is 27.0 Å². The Balaban J connectivity index is 1.59. The molecule has 6 heteroatoms. The minimum absolute atomic E-state index is 0.122. The average Bonchev–Trinajstić information content (AvgIpc) is 2.76. The third-order valence-corrected chi connectivity index (χ3v) is 5.38. The Bertz CT molecular complexity index is 1060. The van der Waals surface area contributed by atoms with E-state index in [-0.39, 0.29) is 18.4 Å². The van der Waals surface area contributed by atoms with Gasteiger partial charge >= 0.3 is 0 Å². The zero-order chi connectivity index (χ0) is 22.4. The van der Waals surface area contributed by atoms with Crippen molar-refractivity contribution in [2.24, 2.45) is 0 Å². The molecule has 3 aromatic carbocycles. The van der Waals surface area contributed by atoms with E-state index in [0.29, 0.717) is 28.6 Å². The summed E-state index contributed by atoms with van der Waals surface area (Å²) >= 11 is 6.16. The first-order valence-electron chi connectivity index (χ1n) is 9.92. The largest absolute Gasteiger partial charge is 0.484 e. The molecule has 0 unspecified atom stereocenters. The molecule has 0 aromatic heterocycles. The molecular formula is C25H25ClN2O3. The molecule has 3 rings (SSSR count). The first-order valence-corrected chi connectivity index (χ1v) is 10.3. The second-order valence-corrected chi connectivity index (χ2v) is 7.81. The van der Waals surface area contributed by atoms with Crippen LogP contribution in [-0.2, 0) is 11.3 Å². The van der Waals surface area contributed by atoms with Gasteiger partial charge in [-0.05, 0) is 60.9 Å². The normalized spacial score (nSPS) is 10.5. The van der Waals surface area contributed by atoms with Crippen molar-refractivity contribution in [3.05, 3.63) is 94.0 Å². The number of carbonyl (C=O) groups excluding carboxylic acids is 2. The number of halogens is 1. The molecule has 0 heterocycles. The second-order valence-electron chi connectivity index (χ2n) is 7.44. The van der Waals surface area contributed by atoms with Crippen molar-refractivity contribution in [2.45, 2.75) is 20.4 Å². The average molecular weight is 437 g/mol. The van der Waals surface area contributed by atoms with E-state index in [1.807, 2.05) is 44.2 Å². The molecule has 2 amide bonds. The number of amides is 2. The lowest BCUT2D eigenvalue weighted by Crippen LogP contribution is -2.26. The number of ether oxygens (including phenoxy) is 1. The van der Waals surface area contributed by atoms with Gasteiger partial charge in [-0.1, -0.05) is 48.0 Å². The van der Waals surface area contributed by atoms with Crippen LogP contribution in [0.25, 0.3) is 0 Å². The quantitative estimate of drug-likeness (QED) is 0.550. The van der Waals surface area contributed by atoms with Crippen LogP contribution in [-0.4, -0.2) is 30.4 Å². The number of benzene rings is 3. The van der Waals surface area contributed by atoms with Gasteiger partial charge in [0, 0.05) is 29.9 Å². The van der Waals surface area contributed by atoms with E-state index < -0.39 is 0 Å². The fourth-order valence-electron chi connectivity index (χ4n) is 3.21. The van der Waals surface area contributed by atoms with Crippen molar-refractivity contribution in [3.8, 4) is 5.75 Å². The Labute approximate surface area is 187 Å². The van der Waals surface area contributed by atoms with E-state index in [1.54, 1.807) is 48.3 Å². The molecule has 3 aromatic rings. The van der Waals surface area contributed by atoms with Crippen LogP contribution in [0.3, 0.4) is 0 Å². The number of hydrogen-bond acceptors (Lipinski definition) is 3. The lowest BCUT2D eigenvalue weighted by Gasteiger charge is -2.18. The van der Waals surface area contributed by atoms with Crippen LogP contribution in [0.5, 0.6) is 5.75 Å². The van der Waals surface area contributed by atoms with E-state index in [4.69, 9.17) is 16.3 Å². The van der Waals surface area contributed by atoms with Crippen LogP contribution in [0, 0.1) is 13.8 Å². The highest BCUT2D eigenvalue weighted by atomic mass is 35.5. The number of rotatable bonds is 7. The number of nitrogens with zero attached hydrogens (tertiary/aromatic N) is 1. The Morgan fingerprint density at radius 3 is 2.32 bits per heavy atom. The highest BCUT2D eigenvalue weighted by Crippen LogP contribution is 2.25. The highest BCUT2D eigenvalue weighted by molar-refractivity contribution is 6.32. The van der Waals surface area contributed by atoms with Gasteiger partial charge in [0.1, 0.15) is 5.75 Å². The van der Waals surface area contributed by atoms with Gasteiger partial charge in [0.15, 0.2) is 6.61 Å². The summed E-state index contributed by atoms with van der Waals surface area (Å²) in [6.45, 7) is 4.13.